The molecule has 1 atom stereocenters. The van der Waals surface area contributed by atoms with E-state index in [2.05, 4.69) is 20.9 Å². The molecule has 3 amide bonds. The molecule has 4 heterocycles. The highest BCUT2D eigenvalue weighted by Gasteiger charge is 2.28. The molecule has 0 spiro atoms. The van der Waals surface area contributed by atoms with E-state index < -0.39 is 29.5 Å². The van der Waals surface area contributed by atoms with Crippen molar-refractivity contribution in [1.82, 2.24) is 15.6 Å². The van der Waals surface area contributed by atoms with E-state index in [0.717, 1.165) is 27.1 Å². The van der Waals surface area contributed by atoms with Crippen LogP contribution in [0.25, 0.3) is 21.6 Å². The van der Waals surface area contributed by atoms with Crippen LogP contribution in [0.1, 0.15) is 54.4 Å². The van der Waals surface area contributed by atoms with Crippen molar-refractivity contribution in [1.29, 1.82) is 0 Å². The lowest BCUT2D eigenvalue weighted by Crippen LogP contribution is -2.36. The number of amides is 3. The summed E-state index contributed by atoms with van der Waals surface area (Å²) in [5.74, 6) is -2.10. The molecule has 0 aliphatic carbocycles. The first-order valence-electron chi connectivity index (χ1n) is 14.0. The summed E-state index contributed by atoms with van der Waals surface area (Å²) in [7, 11) is 0. The number of nitrogens with zero attached hydrogens (tertiary/aromatic N) is 1. The van der Waals surface area contributed by atoms with Crippen LogP contribution >= 0.6 is 11.3 Å². The first kappa shape index (κ1) is 29.0. The van der Waals surface area contributed by atoms with Gasteiger partial charge in [0.2, 0.25) is 5.91 Å². The number of aryl methyl sites for hydroxylation is 1. The van der Waals surface area contributed by atoms with Gasteiger partial charge in [-0.15, -0.1) is 11.3 Å². The number of ether oxygens (including phenoxy) is 1. The summed E-state index contributed by atoms with van der Waals surface area (Å²) in [6.45, 7) is 2.92. The number of carboxylic acid groups (broad SMARTS) is 1. The molecule has 2 aliphatic heterocycles. The quantitative estimate of drug-likeness (QED) is 0.210. The smallest absolute Gasteiger partial charge is 0.355 e. The van der Waals surface area contributed by atoms with Crippen molar-refractivity contribution < 1.29 is 29.0 Å². The average molecular weight is 612 g/mol. The number of anilines is 1. The van der Waals surface area contributed by atoms with Crippen LogP contribution in [0, 0.1) is 6.92 Å². The molecule has 6 rings (SSSR count). The predicted octanol–water partition coefficient (Wildman–Crippen LogP) is 3.75. The minimum Gasteiger partial charge on any atom is -0.493 e. The molecule has 2 aliphatic rings. The first-order valence-corrected chi connectivity index (χ1v) is 14.9. The zero-order chi connectivity index (χ0) is 31.0. The van der Waals surface area contributed by atoms with Crippen molar-refractivity contribution >= 4 is 40.7 Å². The summed E-state index contributed by atoms with van der Waals surface area (Å²) in [4.78, 5) is 56.1. The predicted molar refractivity (Wildman–Crippen MR) is 165 cm³/mol. The Labute approximate surface area is 256 Å². The molecule has 1 saturated heterocycles. The Hall–Kier alpha value is -5.07. The first-order chi connectivity index (χ1) is 21.2. The zero-order valence-corrected chi connectivity index (χ0v) is 24.5. The van der Waals surface area contributed by atoms with Crippen LogP contribution in [-0.4, -0.2) is 53.0 Å². The Bertz CT molecular complexity index is 1830. The van der Waals surface area contributed by atoms with Gasteiger partial charge in [0.25, 0.3) is 11.8 Å². The second-order valence-electron chi connectivity index (χ2n) is 10.7. The third-order valence-corrected chi connectivity index (χ3v) is 8.68. The lowest BCUT2D eigenvalue weighted by atomic mass is 9.93. The summed E-state index contributed by atoms with van der Waals surface area (Å²) >= 11 is 1.54. The van der Waals surface area contributed by atoms with Crippen molar-refractivity contribution in [3.63, 3.8) is 0 Å². The molecule has 1 unspecified atom stereocenters. The number of rotatable bonds is 7. The summed E-state index contributed by atoms with van der Waals surface area (Å²) in [6.07, 6.45) is 0.814. The topological polar surface area (TPSA) is 173 Å². The number of nitrogens with two attached hydrogens (primary N) is 1. The van der Waals surface area contributed by atoms with E-state index >= 15 is 0 Å². The van der Waals surface area contributed by atoms with Gasteiger partial charge in [0.1, 0.15) is 11.4 Å². The Kier molecular flexibility index (Phi) is 7.85. The van der Waals surface area contributed by atoms with Gasteiger partial charge in [-0.2, -0.15) is 0 Å². The van der Waals surface area contributed by atoms with Gasteiger partial charge in [-0.3, -0.25) is 14.4 Å². The van der Waals surface area contributed by atoms with E-state index in [-0.39, 0.29) is 35.7 Å². The summed E-state index contributed by atoms with van der Waals surface area (Å²) in [5, 5.41) is 20.5. The maximum atomic E-state index is 14.0. The number of benzene rings is 2. The number of thiophene rings is 1. The Morgan fingerprint density at radius 1 is 1.09 bits per heavy atom. The van der Waals surface area contributed by atoms with Gasteiger partial charge in [0.15, 0.2) is 5.69 Å². The van der Waals surface area contributed by atoms with E-state index in [9.17, 15) is 24.3 Å². The van der Waals surface area contributed by atoms with Crippen molar-refractivity contribution in [3.8, 4) is 27.3 Å². The molecular weight excluding hydrogens is 582 g/mol. The van der Waals surface area contributed by atoms with Gasteiger partial charge < -0.3 is 31.5 Å². The fraction of sp³-hybridized carbons (Fsp3) is 0.219. The van der Waals surface area contributed by atoms with Crippen LogP contribution in [0.15, 0.2) is 53.9 Å². The fourth-order valence-electron chi connectivity index (χ4n) is 5.44. The van der Waals surface area contributed by atoms with Gasteiger partial charge in [-0.05, 0) is 65.4 Å². The monoisotopic (exact) mass is 611 g/mol. The standard InChI is InChI=1S/C32H29N5O6S/c1-16-10-17(14-33)2-4-24(16)37-30(39)22-12-23-26(43-8-6-18-7-9-44-29(18)23)13-21(22)20-3-5-25(36-28(20)32(41)42)31(40)35-19-11-27(38)34-15-19/h2-5,7,9-10,12-13,19H,6,8,11,14-15,33H2,1H3,(H,34,38)(H,35,40)(H,37,39)(H,41,42). The fourth-order valence-corrected chi connectivity index (χ4v) is 6.42. The van der Waals surface area contributed by atoms with Crippen LogP contribution in [0.2, 0.25) is 0 Å². The maximum Gasteiger partial charge on any atom is 0.355 e. The second kappa shape index (κ2) is 11.9. The number of hydrogen-bond acceptors (Lipinski definition) is 8. The Morgan fingerprint density at radius 2 is 1.93 bits per heavy atom. The molecular formula is C32H29N5O6S. The SMILES string of the molecule is Cc1cc(CN)ccc1NC(=O)c1cc2c(cc1-c1ccc(C(=O)NC3CNC(=O)C3)nc1C(=O)O)OCCc1ccsc1-2. The third-order valence-electron chi connectivity index (χ3n) is 7.69. The highest BCUT2D eigenvalue weighted by Crippen LogP contribution is 2.43. The largest absolute Gasteiger partial charge is 0.493 e. The number of carbonyl (C=O) groups is 4. The van der Waals surface area contributed by atoms with Gasteiger partial charge in [0, 0.05) is 58.7 Å². The molecule has 0 bridgehead atoms. The third kappa shape index (κ3) is 5.64. The molecule has 1 fully saturated rings. The van der Waals surface area contributed by atoms with E-state index in [4.69, 9.17) is 10.5 Å². The van der Waals surface area contributed by atoms with E-state index in [1.807, 2.05) is 30.5 Å². The average Bonchev–Trinajstić information content (AvgIpc) is 3.61. The van der Waals surface area contributed by atoms with E-state index in [1.54, 1.807) is 29.5 Å². The number of nitrogens with one attached hydrogen (secondary N) is 3. The van der Waals surface area contributed by atoms with Crippen LogP contribution in [-0.2, 0) is 17.8 Å². The summed E-state index contributed by atoms with van der Waals surface area (Å²) in [6, 6.07) is 13.4. The van der Waals surface area contributed by atoms with Crippen molar-refractivity contribution in [2.24, 2.45) is 5.73 Å². The molecule has 2 aromatic carbocycles. The van der Waals surface area contributed by atoms with Crippen molar-refractivity contribution in [2.45, 2.75) is 32.4 Å². The minimum atomic E-state index is -1.37. The van der Waals surface area contributed by atoms with Crippen LogP contribution < -0.4 is 26.4 Å². The Balaban J connectivity index is 1.45. The summed E-state index contributed by atoms with van der Waals surface area (Å²) in [5.41, 5.74) is 10.1. The molecule has 0 saturated carbocycles. The molecule has 11 nitrogen and oxygen atoms in total. The molecule has 224 valence electrons. The van der Waals surface area contributed by atoms with E-state index in [0.29, 0.717) is 36.6 Å². The van der Waals surface area contributed by atoms with Crippen LogP contribution in [0.3, 0.4) is 0 Å². The number of aromatic nitrogens is 1. The Morgan fingerprint density at radius 3 is 2.66 bits per heavy atom. The molecule has 6 N–H and O–H groups in total. The minimum absolute atomic E-state index is 0.124. The highest BCUT2D eigenvalue weighted by atomic mass is 32.1. The molecule has 0 radical (unpaired) electrons. The lowest BCUT2D eigenvalue weighted by Gasteiger charge is -2.18. The van der Waals surface area contributed by atoms with Crippen LogP contribution in [0.4, 0.5) is 5.69 Å². The normalized spacial score (nSPS) is 15.3. The number of hydrogen-bond donors (Lipinski definition) is 5. The molecule has 44 heavy (non-hydrogen) atoms. The number of pyridine rings is 1. The molecule has 12 heteroatoms. The van der Waals surface area contributed by atoms with Crippen molar-refractivity contribution in [3.05, 3.63) is 87.6 Å². The van der Waals surface area contributed by atoms with Gasteiger partial charge in [0.05, 0.1) is 12.6 Å². The second-order valence-corrected chi connectivity index (χ2v) is 11.6. The maximum absolute atomic E-state index is 14.0. The van der Waals surface area contributed by atoms with Gasteiger partial charge in [-0.1, -0.05) is 12.1 Å². The number of carbonyl (C=O) groups excluding carboxylic acids is 3. The summed E-state index contributed by atoms with van der Waals surface area (Å²) < 4.78 is 6.09. The van der Waals surface area contributed by atoms with Crippen LogP contribution in [0.5, 0.6) is 5.75 Å². The van der Waals surface area contributed by atoms with Gasteiger partial charge in [-0.25, -0.2) is 9.78 Å². The van der Waals surface area contributed by atoms with E-state index in [1.165, 1.54) is 12.1 Å². The number of aromatic carboxylic acids is 1. The zero-order valence-electron chi connectivity index (χ0n) is 23.7. The number of carboxylic acids is 1. The van der Waals surface area contributed by atoms with Crippen molar-refractivity contribution in [2.75, 3.05) is 18.5 Å². The highest BCUT2D eigenvalue weighted by molar-refractivity contribution is 7.13. The lowest BCUT2D eigenvalue weighted by molar-refractivity contribution is -0.119. The van der Waals surface area contributed by atoms with Gasteiger partial charge >= 0.3 is 5.97 Å². The number of fused-ring (bicyclic) bond motifs is 3. The molecule has 4 aromatic rings. The molecule has 2 aromatic heterocycles.